The largest absolute Gasteiger partial charge is 0.456 e. The Hall–Kier alpha value is -2.83. The first-order valence-corrected chi connectivity index (χ1v) is 7.52. The van der Waals surface area contributed by atoms with E-state index >= 15 is 0 Å². The number of carbonyl (C=O) groups excluding carboxylic acids is 2. The fourth-order valence-corrected chi connectivity index (χ4v) is 2.16. The normalized spacial score (nSPS) is 11.7. The van der Waals surface area contributed by atoms with Gasteiger partial charge in [-0.1, -0.05) is 37.3 Å². The zero-order valence-electron chi connectivity index (χ0n) is 13.4. The molecule has 2 aromatic carbocycles. The second-order valence-electron chi connectivity index (χ2n) is 5.45. The first-order valence-electron chi connectivity index (χ1n) is 7.52. The summed E-state index contributed by atoms with van der Waals surface area (Å²) in [6.45, 7) is 1.19. The summed E-state index contributed by atoms with van der Waals surface area (Å²) >= 11 is 0. The van der Waals surface area contributed by atoms with Crippen LogP contribution >= 0.6 is 0 Å². The molecule has 25 heavy (non-hydrogen) atoms. The zero-order valence-corrected chi connectivity index (χ0v) is 13.4. The molecule has 4 nitrogen and oxygen atoms in total. The van der Waals surface area contributed by atoms with Crippen LogP contribution in [0, 0.1) is 17.5 Å². The van der Waals surface area contributed by atoms with Crippen molar-refractivity contribution < 1.29 is 27.5 Å². The van der Waals surface area contributed by atoms with Gasteiger partial charge in [-0.05, 0) is 23.6 Å². The van der Waals surface area contributed by atoms with E-state index in [1.165, 1.54) is 0 Å². The molecule has 0 aliphatic heterocycles. The highest BCUT2D eigenvalue weighted by Gasteiger charge is 2.17. The molecule has 0 aliphatic rings. The van der Waals surface area contributed by atoms with Gasteiger partial charge in [0.1, 0.15) is 0 Å². The lowest BCUT2D eigenvalue weighted by molar-refractivity contribution is -0.147. The molecule has 2 aromatic rings. The number of hydrogen-bond acceptors (Lipinski definition) is 3. The third-order valence-electron chi connectivity index (χ3n) is 3.51. The molecule has 1 amide bonds. The lowest BCUT2D eigenvalue weighted by Crippen LogP contribution is -2.22. The number of amides is 1. The Morgan fingerprint density at radius 3 is 2.40 bits per heavy atom. The molecule has 0 bridgehead atoms. The Morgan fingerprint density at radius 2 is 1.72 bits per heavy atom. The topological polar surface area (TPSA) is 55.4 Å². The molecule has 0 radical (unpaired) electrons. The van der Waals surface area contributed by atoms with Gasteiger partial charge in [-0.15, -0.1) is 0 Å². The number of hydrogen-bond donors (Lipinski definition) is 1. The van der Waals surface area contributed by atoms with Crippen LogP contribution in [0.2, 0.25) is 0 Å². The van der Waals surface area contributed by atoms with Crippen molar-refractivity contribution in [3.05, 3.63) is 65.5 Å². The number of halogens is 3. The number of esters is 1. The average molecular weight is 351 g/mol. The van der Waals surface area contributed by atoms with E-state index in [2.05, 4.69) is 0 Å². The van der Waals surface area contributed by atoms with Crippen LogP contribution in [0.15, 0.2) is 42.5 Å². The van der Waals surface area contributed by atoms with Gasteiger partial charge < -0.3 is 10.1 Å². The van der Waals surface area contributed by atoms with E-state index in [0.29, 0.717) is 6.07 Å². The minimum absolute atomic E-state index is 0.0663. The average Bonchev–Trinajstić information content (AvgIpc) is 2.61. The van der Waals surface area contributed by atoms with Crippen LogP contribution in [0.4, 0.5) is 18.9 Å². The van der Waals surface area contributed by atoms with Gasteiger partial charge in [-0.3, -0.25) is 9.59 Å². The van der Waals surface area contributed by atoms with Crippen molar-refractivity contribution in [2.24, 2.45) is 0 Å². The number of ether oxygens (including phenoxy) is 1. The van der Waals surface area contributed by atoms with E-state index in [1.807, 2.05) is 42.6 Å². The van der Waals surface area contributed by atoms with Crippen LogP contribution in [0.5, 0.6) is 0 Å². The van der Waals surface area contributed by atoms with Crippen LogP contribution < -0.4 is 5.32 Å². The third-order valence-corrected chi connectivity index (χ3v) is 3.51. The molecule has 0 aliphatic carbocycles. The van der Waals surface area contributed by atoms with Crippen molar-refractivity contribution in [1.29, 1.82) is 0 Å². The van der Waals surface area contributed by atoms with Gasteiger partial charge in [0.15, 0.2) is 24.1 Å². The summed E-state index contributed by atoms with van der Waals surface area (Å²) in [4.78, 5) is 23.4. The zero-order chi connectivity index (χ0) is 18.4. The van der Waals surface area contributed by atoms with Crippen LogP contribution in [0.1, 0.15) is 24.8 Å². The number of nitrogens with one attached hydrogen (secondary N) is 1. The summed E-state index contributed by atoms with van der Waals surface area (Å²) in [7, 11) is 0. The molecule has 1 atom stereocenters. The summed E-state index contributed by atoms with van der Waals surface area (Å²) in [6.07, 6.45) is 0.0663. The lowest BCUT2D eigenvalue weighted by atomic mass is 9.98. The molecule has 0 aromatic heterocycles. The first kappa shape index (κ1) is 18.5. The van der Waals surface area contributed by atoms with Crippen molar-refractivity contribution in [1.82, 2.24) is 0 Å². The smallest absolute Gasteiger partial charge is 0.306 e. The summed E-state index contributed by atoms with van der Waals surface area (Å²) in [5.74, 6) is -6.12. The predicted molar refractivity (Wildman–Crippen MR) is 85.4 cm³/mol. The minimum atomic E-state index is -1.69. The van der Waals surface area contributed by atoms with E-state index < -0.39 is 41.6 Å². The van der Waals surface area contributed by atoms with E-state index in [4.69, 9.17) is 4.74 Å². The van der Waals surface area contributed by atoms with Crippen molar-refractivity contribution in [3.8, 4) is 0 Å². The van der Waals surface area contributed by atoms with Gasteiger partial charge in [0.25, 0.3) is 5.91 Å². The molecule has 0 unspecified atom stereocenters. The van der Waals surface area contributed by atoms with E-state index in [-0.39, 0.29) is 12.3 Å². The van der Waals surface area contributed by atoms with Gasteiger partial charge in [-0.25, -0.2) is 13.2 Å². The van der Waals surface area contributed by atoms with E-state index in [1.54, 1.807) is 0 Å². The molecular weight excluding hydrogens is 335 g/mol. The van der Waals surface area contributed by atoms with Crippen LogP contribution in [0.3, 0.4) is 0 Å². The monoisotopic (exact) mass is 351 g/mol. The van der Waals surface area contributed by atoms with Crippen molar-refractivity contribution in [2.75, 3.05) is 11.9 Å². The number of rotatable bonds is 6. The molecule has 2 rings (SSSR count). The minimum Gasteiger partial charge on any atom is -0.456 e. The summed E-state index contributed by atoms with van der Waals surface area (Å²) in [6, 6.07) is 10.9. The molecular formula is C18H16F3NO3. The molecule has 1 N–H and O–H groups in total. The van der Waals surface area contributed by atoms with Gasteiger partial charge in [0.05, 0.1) is 12.1 Å². The molecule has 0 saturated heterocycles. The van der Waals surface area contributed by atoms with Gasteiger partial charge >= 0.3 is 5.97 Å². The molecule has 7 heteroatoms. The number of anilines is 1. The standard InChI is InChI=1S/C18H16F3NO3/c1-11(12-5-3-2-4-6-12)9-16(24)25-10-15(23)22-14-8-7-13(19)17(20)18(14)21/h2-8,11H,9-10H2,1H3,(H,22,23)/t11-/m0/s1. The quantitative estimate of drug-likeness (QED) is 0.637. The Morgan fingerprint density at radius 1 is 1.04 bits per heavy atom. The molecule has 0 spiro atoms. The fourth-order valence-electron chi connectivity index (χ4n) is 2.16. The second kappa shape index (κ2) is 8.32. The Labute approximate surface area is 142 Å². The van der Waals surface area contributed by atoms with Crippen molar-refractivity contribution in [3.63, 3.8) is 0 Å². The Kier molecular flexibility index (Phi) is 6.16. The Balaban J connectivity index is 1.84. The lowest BCUT2D eigenvalue weighted by Gasteiger charge is -2.12. The van der Waals surface area contributed by atoms with Gasteiger partial charge in [0.2, 0.25) is 0 Å². The van der Waals surface area contributed by atoms with Crippen LogP contribution in [-0.4, -0.2) is 18.5 Å². The maximum absolute atomic E-state index is 13.4. The van der Waals surface area contributed by atoms with Crippen LogP contribution in [0.25, 0.3) is 0 Å². The second-order valence-corrected chi connectivity index (χ2v) is 5.45. The fraction of sp³-hybridized carbons (Fsp3) is 0.222. The molecule has 0 fully saturated rings. The predicted octanol–water partition coefficient (Wildman–Crippen LogP) is 3.78. The summed E-state index contributed by atoms with van der Waals surface area (Å²) < 4.78 is 44.2. The maximum Gasteiger partial charge on any atom is 0.306 e. The van der Waals surface area contributed by atoms with Gasteiger partial charge in [-0.2, -0.15) is 0 Å². The summed E-state index contributed by atoms with van der Waals surface area (Å²) in [5, 5.41) is 2.02. The molecule has 0 heterocycles. The molecule has 0 saturated carbocycles. The van der Waals surface area contributed by atoms with Crippen LogP contribution in [-0.2, 0) is 14.3 Å². The highest BCUT2D eigenvalue weighted by Crippen LogP contribution is 2.20. The van der Waals surface area contributed by atoms with E-state index in [0.717, 1.165) is 11.6 Å². The number of benzene rings is 2. The highest BCUT2D eigenvalue weighted by molar-refractivity contribution is 5.92. The first-order chi connectivity index (χ1) is 11.9. The SMILES string of the molecule is C[C@@H](CC(=O)OCC(=O)Nc1ccc(F)c(F)c1F)c1ccccc1. The third kappa shape index (κ3) is 5.07. The van der Waals surface area contributed by atoms with Crippen molar-refractivity contribution in [2.45, 2.75) is 19.3 Å². The summed E-state index contributed by atoms with van der Waals surface area (Å²) in [5.41, 5.74) is 0.422. The maximum atomic E-state index is 13.4. The highest BCUT2D eigenvalue weighted by atomic mass is 19.2. The number of carbonyl (C=O) groups is 2. The Bertz CT molecular complexity index is 766. The van der Waals surface area contributed by atoms with Gasteiger partial charge in [0, 0.05) is 0 Å². The van der Waals surface area contributed by atoms with Crippen molar-refractivity contribution >= 4 is 17.6 Å². The molecule has 132 valence electrons. The van der Waals surface area contributed by atoms with E-state index in [9.17, 15) is 22.8 Å².